The van der Waals surface area contributed by atoms with Crippen molar-refractivity contribution >= 4 is 34.4 Å². The minimum absolute atomic E-state index is 0.0474. The van der Waals surface area contributed by atoms with Crippen LogP contribution >= 0.6 is 11.6 Å². The third-order valence-corrected chi connectivity index (χ3v) is 3.65. The number of carbonyl (C=O) groups is 1. The van der Waals surface area contributed by atoms with Gasteiger partial charge in [-0.1, -0.05) is 11.6 Å². The highest BCUT2D eigenvalue weighted by molar-refractivity contribution is 6.33. The number of nitrogens with zero attached hydrogens (tertiary/aromatic N) is 2. The Bertz CT molecular complexity index is 876. The first-order valence-electron chi connectivity index (χ1n) is 7.10. The molecule has 2 aromatic heterocycles. The number of aliphatic hydroxyl groups is 1. The van der Waals surface area contributed by atoms with Crippen LogP contribution in [0.25, 0.3) is 22.6 Å². The van der Waals surface area contributed by atoms with Gasteiger partial charge in [0.15, 0.2) is 5.65 Å². The molecule has 118 valence electrons. The van der Waals surface area contributed by atoms with E-state index in [4.69, 9.17) is 16.7 Å². The number of pyridine rings is 1. The predicted molar refractivity (Wildman–Crippen MR) is 89.4 cm³/mol. The molecule has 3 aromatic rings. The summed E-state index contributed by atoms with van der Waals surface area (Å²) in [6.07, 6.45) is 1.80. The molecule has 0 saturated heterocycles. The van der Waals surface area contributed by atoms with Crippen LogP contribution in [0.1, 0.15) is 12.0 Å². The Hall–Kier alpha value is -2.44. The molecular formula is C16H15ClN4O2. The monoisotopic (exact) mass is 330 g/mol. The molecule has 7 heteroatoms. The molecule has 3 N–H and O–H groups in total. The van der Waals surface area contributed by atoms with Crippen molar-refractivity contribution in [2.45, 2.75) is 13.3 Å². The predicted octanol–water partition coefficient (Wildman–Crippen LogP) is 2.91. The summed E-state index contributed by atoms with van der Waals surface area (Å²) in [7, 11) is 0. The van der Waals surface area contributed by atoms with Gasteiger partial charge in [-0.05, 0) is 36.8 Å². The lowest BCUT2D eigenvalue weighted by atomic mass is 10.2. The largest absolute Gasteiger partial charge is 0.396 e. The van der Waals surface area contributed by atoms with Crippen LogP contribution in [0, 0.1) is 6.92 Å². The average molecular weight is 331 g/mol. The van der Waals surface area contributed by atoms with Gasteiger partial charge in [0.1, 0.15) is 5.82 Å². The number of aromatic nitrogens is 3. The smallest absolute Gasteiger partial charge is 0.226 e. The highest BCUT2D eigenvalue weighted by Gasteiger charge is 2.12. The quantitative estimate of drug-likeness (QED) is 0.686. The Morgan fingerprint density at radius 2 is 2.22 bits per heavy atom. The lowest BCUT2D eigenvalue weighted by Gasteiger charge is -2.07. The van der Waals surface area contributed by atoms with Gasteiger partial charge in [-0.2, -0.15) is 0 Å². The molecule has 2 heterocycles. The van der Waals surface area contributed by atoms with Crippen LogP contribution in [-0.2, 0) is 4.79 Å². The maximum Gasteiger partial charge on any atom is 0.226 e. The number of benzene rings is 1. The molecule has 0 bridgehead atoms. The molecule has 0 aliphatic carbocycles. The highest BCUT2D eigenvalue weighted by atomic mass is 35.5. The number of aliphatic hydroxyl groups excluding tert-OH is 1. The normalized spacial score (nSPS) is 10.9. The second kappa shape index (κ2) is 6.36. The maximum atomic E-state index is 11.6. The van der Waals surface area contributed by atoms with Crippen molar-refractivity contribution in [3.05, 3.63) is 41.0 Å². The van der Waals surface area contributed by atoms with E-state index in [1.54, 1.807) is 24.4 Å². The second-order valence-electron chi connectivity index (χ2n) is 5.19. The Balaban J connectivity index is 1.98. The fraction of sp³-hybridized carbons (Fsp3) is 0.188. The molecule has 6 nitrogen and oxygen atoms in total. The van der Waals surface area contributed by atoms with Gasteiger partial charge in [0.2, 0.25) is 5.91 Å². The number of halogens is 1. The van der Waals surface area contributed by atoms with Gasteiger partial charge in [0.25, 0.3) is 0 Å². The first-order valence-corrected chi connectivity index (χ1v) is 7.47. The molecule has 0 radical (unpaired) electrons. The molecule has 0 unspecified atom stereocenters. The van der Waals surface area contributed by atoms with Crippen molar-refractivity contribution in [3.63, 3.8) is 0 Å². The van der Waals surface area contributed by atoms with Gasteiger partial charge in [0.05, 0.1) is 23.6 Å². The summed E-state index contributed by atoms with van der Waals surface area (Å²) in [4.78, 5) is 23.5. The van der Waals surface area contributed by atoms with Crippen LogP contribution in [0.15, 0.2) is 30.5 Å². The van der Waals surface area contributed by atoms with E-state index in [-0.39, 0.29) is 18.9 Å². The summed E-state index contributed by atoms with van der Waals surface area (Å²) >= 11 is 6.25. The van der Waals surface area contributed by atoms with Gasteiger partial charge in [-0.15, -0.1) is 0 Å². The number of H-pyrrole nitrogens is 1. The minimum Gasteiger partial charge on any atom is -0.396 e. The van der Waals surface area contributed by atoms with Crippen LogP contribution in [0.2, 0.25) is 5.02 Å². The highest BCUT2D eigenvalue weighted by Crippen LogP contribution is 2.30. The molecule has 3 rings (SSSR count). The molecular weight excluding hydrogens is 316 g/mol. The van der Waals surface area contributed by atoms with Gasteiger partial charge in [-0.25, -0.2) is 9.97 Å². The summed E-state index contributed by atoms with van der Waals surface area (Å²) in [5, 5.41) is 12.0. The van der Waals surface area contributed by atoms with E-state index < -0.39 is 0 Å². The minimum atomic E-state index is -0.261. The summed E-state index contributed by atoms with van der Waals surface area (Å²) in [6, 6.07) is 7.09. The number of carbonyl (C=O) groups excluding carboxylic acids is 1. The Kier molecular flexibility index (Phi) is 4.27. The van der Waals surface area contributed by atoms with E-state index in [9.17, 15) is 4.79 Å². The van der Waals surface area contributed by atoms with Crippen LogP contribution in [0.3, 0.4) is 0 Å². The number of amides is 1. The number of fused-ring (bicyclic) bond motifs is 1. The number of anilines is 1. The fourth-order valence-electron chi connectivity index (χ4n) is 2.24. The third kappa shape index (κ3) is 3.33. The summed E-state index contributed by atoms with van der Waals surface area (Å²) in [5.41, 5.74) is 3.72. The topological polar surface area (TPSA) is 90.9 Å². The van der Waals surface area contributed by atoms with E-state index in [2.05, 4.69) is 20.3 Å². The lowest BCUT2D eigenvalue weighted by molar-refractivity contribution is -0.116. The van der Waals surface area contributed by atoms with Crippen molar-refractivity contribution in [2.24, 2.45) is 0 Å². The first-order chi connectivity index (χ1) is 11.1. The van der Waals surface area contributed by atoms with Crippen LogP contribution in [0.4, 0.5) is 5.69 Å². The van der Waals surface area contributed by atoms with Gasteiger partial charge in [0, 0.05) is 17.4 Å². The summed E-state index contributed by atoms with van der Waals surface area (Å²) in [5.74, 6) is 0.323. The number of hydrogen-bond donors (Lipinski definition) is 3. The van der Waals surface area contributed by atoms with Crippen molar-refractivity contribution in [1.29, 1.82) is 0 Å². The first kappa shape index (κ1) is 15.5. The number of aromatic amines is 1. The third-order valence-electron chi connectivity index (χ3n) is 3.32. The molecule has 23 heavy (non-hydrogen) atoms. The average Bonchev–Trinajstić information content (AvgIpc) is 2.92. The number of hydrogen-bond acceptors (Lipinski definition) is 4. The van der Waals surface area contributed by atoms with Crippen LogP contribution in [0.5, 0.6) is 0 Å². The van der Waals surface area contributed by atoms with E-state index in [1.807, 2.05) is 13.0 Å². The van der Waals surface area contributed by atoms with Gasteiger partial charge in [-0.3, -0.25) is 4.79 Å². The zero-order valence-corrected chi connectivity index (χ0v) is 13.2. The van der Waals surface area contributed by atoms with Gasteiger partial charge >= 0.3 is 0 Å². The van der Waals surface area contributed by atoms with Crippen molar-refractivity contribution in [1.82, 2.24) is 15.0 Å². The Labute approximate surface area is 137 Å². The second-order valence-corrected chi connectivity index (χ2v) is 5.59. The zero-order valence-electron chi connectivity index (χ0n) is 12.4. The molecule has 0 saturated carbocycles. The molecule has 0 fully saturated rings. The van der Waals surface area contributed by atoms with E-state index in [0.29, 0.717) is 27.7 Å². The van der Waals surface area contributed by atoms with Crippen LogP contribution in [-0.4, -0.2) is 32.6 Å². The SMILES string of the molecule is Cc1cnc2nc(-c3cc(NC(=O)CCO)ccc3Cl)[nH]c2c1. The fourth-order valence-corrected chi connectivity index (χ4v) is 2.45. The maximum absolute atomic E-state index is 11.6. The van der Waals surface area contributed by atoms with Crippen molar-refractivity contribution in [2.75, 3.05) is 11.9 Å². The molecule has 0 aliphatic rings. The van der Waals surface area contributed by atoms with E-state index in [1.165, 1.54) is 0 Å². The number of rotatable bonds is 4. The van der Waals surface area contributed by atoms with E-state index >= 15 is 0 Å². The summed E-state index contributed by atoms with van der Waals surface area (Å²) < 4.78 is 0. The van der Waals surface area contributed by atoms with Crippen molar-refractivity contribution < 1.29 is 9.90 Å². The van der Waals surface area contributed by atoms with E-state index in [0.717, 1.165) is 11.1 Å². The molecule has 0 atom stereocenters. The number of aryl methyl sites for hydroxylation is 1. The number of nitrogens with one attached hydrogen (secondary N) is 2. The zero-order chi connectivity index (χ0) is 16.4. The molecule has 1 aromatic carbocycles. The molecule has 0 aliphatic heterocycles. The number of imidazole rings is 1. The Morgan fingerprint density at radius 1 is 1.39 bits per heavy atom. The van der Waals surface area contributed by atoms with Crippen LogP contribution < -0.4 is 5.32 Å². The van der Waals surface area contributed by atoms with Gasteiger partial charge < -0.3 is 15.4 Å². The molecule has 0 spiro atoms. The summed E-state index contributed by atoms with van der Waals surface area (Å²) in [6.45, 7) is 1.76. The lowest BCUT2D eigenvalue weighted by Crippen LogP contribution is -2.12. The standard InChI is InChI=1S/C16H15ClN4O2/c1-9-6-13-16(18-8-9)21-15(20-13)11-7-10(2-3-12(11)17)19-14(23)4-5-22/h2-3,6-8,22H,4-5H2,1H3,(H,19,23)(H,18,20,21). The van der Waals surface area contributed by atoms with Crippen molar-refractivity contribution in [3.8, 4) is 11.4 Å². The Morgan fingerprint density at radius 3 is 3.00 bits per heavy atom. The molecule has 1 amide bonds.